The Hall–Kier alpha value is -1.11. The molecule has 0 radical (unpaired) electrons. The van der Waals surface area contributed by atoms with Crippen molar-refractivity contribution in [2.45, 2.75) is 18.6 Å². The van der Waals surface area contributed by atoms with E-state index in [0.29, 0.717) is 25.8 Å². The molecule has 2 rings (SSSR count). The number of rotatable bonds is 5. The van der Waals surface area contributed by atoms with E-state index >= 15 is 0 Å². The molecule has 3 nitrogen and oxygen atoms in total. The zero-order valence-electron chi connectivity index (χ0n) is 10.6. The lowest BCUT2D eigenvalue weighted by Crippen LogP contribution is -2.42. The summed E-state index contributed by atoms with van der Waals surface area (Å²) in [4.78, 5) is 0. The Kier molecular flexibility index (Phi) is 4.44. The summed E-state index contributed by atoms with van der Waals surface area (Å²) in [5.74, 6) is -3.00. The number of hydrogen-bond acceptors (Lipinski definition) is 3. The molecule has 0 saturated carbocycles. The van der Waals surface area contributed by atoms with E-state index in [1.165, 1.54) is 0 Å². The molecule has 1 aromatic carbocycles. The Morgan fingerprint density at radius 2 is 2.00 bits per heavy atom. The number of nitrogens with one attached hydrogen (secondary N) is 1. The number of halogens is 3. The van der Waals surface area contributed by atoms with Crippen molar-refractivity contribution in [3.63, 3.8) is 0 Å². The maximum absolute atomic E-state index is 13.4. The predicted molar refractivity (Wildman–Crippen MR) is 63.2 cm³/mol. The summed E-state index contributed by atoms with van der Waals surface area (Å²) >= 11 is 0. The highest BCUT2D eigenvalue weighted by atomic mass is 19.2. The van der Waals surface area contributed by atoms with E-state index in [1.54, 1.807) is 7.11 Å². The average molecular weight is 275 g/mol. The van der Waals surface area contributed by atoms with Gasteiger partial charge in [0.25, 0.3) is 0 Å². The summed E-state index contributed by atoms with van der Waals surface area (Å²) in [6, 6.07) is 1.42. The molecule has 1 heterocycles. The monoisotopic (exact) mass is 275 g/mol. The van der Waals surface area contributed by atoms with Gasteiger partial charge in [0.15, 0.2) is 11.6 Å². The first-order valence-corrected chi connectivity index (χ1v) is 6.03. The molecule has 1 atom stereocenters. The summed E-state index contributed by atoms with van der Waals surface area (Å²) in [5.41, 5.74) is -0.334. The Balaban J connectivity index is 1.94. The summed E-state index contributed by atoms with van der Waals surface area (Å²) < 4.78 is 49.9. The lowest BCUT2D eigenvalue weighted by Gasteiger charge is -2.26. The van der Waals surface area contributed by atoms with E-state index < -0.39 is 23.1 Å². The Labute approximate surface area is 109 Å². The number of benzene rings is 1. The van der Waals surface area contributed by atoms with Crippen molar-refractivity contribution in [1.29, 1.82) is 0 Å². The highest BCUT2D eigenvalue weighted by Gasteiger charge is 2.34. The van der Waals surface area contributed by atoms with E-state index in [1.807, 2.05) is 0 Å². The number of hydrogen-bond donors (Lipinski definition) is 1. The fourth-order valence-electron chi connectivity index (χ4n) is 2.09. The van der Waals surface area contributed by atoms with Crippen LogP contribution >= 0.6 is 0 Å². The largest absolute Gasteiger partial charge is 0.378 e. The van der Waals surface area contributed by atoms with E-state index in [4.69, 9.17) is 9.47 Å². The molecule has 1 aliphatic rings. The molecule has 106 valence electrons. The second-order valence-corrected chi connectivity index (χ2v) is 4.65. The van der Waals surface area contributed by atoms with Crippen molar-refractivity contribution >= 4 is 0 Å². The van der Waals surface area contributed by atoms with Crippen LogP contribution in [-0.2, 0) is 16.0 Å². The lowest BCUT2D eigenvalue weighted by atomic mass is 10.0. The Bertz CT molecular complexity index is 448. The third-order valence-corrected chi connectivity index (χ3v) is 3.35. The van der Waals surface area contributed by atoms with E-state index in [0.717, 1.165) is 12.5 Å². The molecule has 0 spiro atoms. The minimum Gasteiger partial charge on any atom is -0.378 e. The van der Waals surface area contributed by atoms with E-state index in [9.17, 15) is 13.2 Å². The molecule has 1 aliphatic heterocycles. The van der Waals surface area contributed by atoms with Crippen LogP contribution in [0.25, 0.3) is 0 Å². The van der Waals surface area contributed by atoms with Gasteiger partial charge in [-0.25, -0.2) is 13.2 Å². The minimum absolute atomic E-state index is 0.0871. The van der Waals surface area contributed by atoms with Gasteiger partial charge in [0, 0.05) is 44.9 Å². The van der Waals surface area contributed by atoms with E-state index in [2.05, 4.69) is 5.32 Å². The molecule has 0 aromatic heterocycles. The summed E-state index contributed by atoms with van der Waals surface area (Å²) in [7, 11) is 1.59. The zero-order chi connectivity index (χ0) is 13.9. The Morgan fingerprint density at radius 3 is 2.63 bits per heavy atom. The molecule has 1 N–H and O–H groups in total. The smallest absolute Gasteiger partial charge is 0.161 e. The fourth-order valence-corrected chi connectivity index (χ4v) is 2.09. The van der Waals surface area contributed by atoms with Crippen LogP contribution in [0.1, 0.15) is 12.0 Å². The van der Waals surface area contributed by atoms with Gasteiger partial charge >= 0.3 is 0 Å². The standard InChI is InChI=1S/C13H16F3NO2/c1-18-13(2-3-19-8-13)7-17-6-9-4-11(15)12(16)5-10(9)14/h4-5,17H,2-3,6-8H2,1H3. The van der Waals surface area contributed by atoms with Crippen LogP contribution in [0.15, 0.2) is 12.1 Å². The van der Waals surface area contributed by atoms with Gasteiger partial charge in [0.05, 0.1) is 6.61 Å². The summed E-state index contributed by atoms with van der Waals surface area (Å²) in [5, 5.41) is 2.99. The maximum atomic E-state index is 13.4. The van der Waals surface area contributed by atoms with Crippen molar-refractivity contribution in [2.24, 2.45) is 0 Å². The van der Waals surface area contributed by atoms with Gasteiger partial charge in [0.1, 0.15) is 11.4 Å². The lowest BCUT2D eigenvalue weighted by molar-refractivity contribution is -0.0159. The first-order valence-electron chi connectivity index (χ1n) is 6.03. The van der Waals surface area contributed by atoms with Crippen molar-refractivity contribution in [3.8, 4) is 0 Å². The molecule has 0 amide bonds. The van der Waals surface area contributed by atoms with Crippen LogP contribution in [0.4, 0.5) is 13.2 Å². The highest BCUT2D eigenvalue weighted by molar-refractivity contribution is 5.20. The number of methoxy groups -OCH3 is 1. The quantitative estimate of drug-likeness (QED) is 0.834. The van der Waals surface area contributed by atoms with Crippen LogP contribution in [0, 0.1) is 17.5 Å². The molecule has 1 aromatic rings. The molecule has 19 heavy (non-hydrogen) atoms. The van der Waals surface area contributed by atoms with Gasteiger partial charge < -0.3 is 14.8 Å². The SMILES string of the molecule is COC1(CNCc2cc(F)c(F)cc2F)CCOC1. The van der Waals surface area contributed by atoms with Crippen LogP contribution in [0.5, 0.6) is 0 Å². The Morgan fingerprint density at radius 1 is 1.26 bits per heavy atom. The highest BCUT2D eigenvalue weighted by Crippen LogP contribution is 2.21. The normalized spacial score (nSPS) is 22.9. The second-order valence-electron chi connectivity index (χ2n) is 4.65. The molecular weight excluding hydrogens is 259 g/mol. The maximum Gasteiger partial charge on any atom is 0.161 e. The molecule has 0 aliphatic carbocycles. The van der Waals surface area contributed by atoms with Gasteiger partial charge in [-0.1, -0.05) is 0 Å². The molecule has 6 heteroatoms. The van der Waals surface area contributed by atoms with Crippen molar-refractivity contribution in [2.75, 3.05) is 26.9 Å². The third kappa shape index (κ3) is 3.26. The van der Waals surface area contributed by atoms with Gasteiger partial charge in [0.2, 0.25) is 0 Å². The van der Waals surface area contributed by atoms with Crippen LogP contribution < -0.4 is 5.32 Å². The second kappa shape index (κ2) is 5.90. The minimum atomic E-state index is -1.18. The molecular formula is C13H16F3NO2. The summed E-state index contributed by atoms with van der Waals surface area (Å²) in [6.07, 6.45) is 0.747. The van der Waals surface area contributed by atoms with Gasteiger partial charge in [-0.05, 0) is 6.07 Å². The molecule has 0 bridgehead atoms. The average Bonchev–Trinajstić information content (AvgIpc) is 2.85. The van der Waals surface area contributed by atoms with Crippen molar-refractivity contribution in [3.05, 3.63) is 35.1 Å². The van der Waals surface area contributed by atoms with Crippen molar-refractivity contribution < 1.29 is 22.6 Å². The fraction of sp³-hybridized carbons (Fsp3) is 0.538. The number of ether oxygens (including phenoxy) is 2. The van der Waals surface area contributed by atoms with Crippen LogP contribution in [0.3, 0.4) is 0 Å². The first-order chi connectivity index (χ1) is 9.06. The molecule has 1 saturated heterocycles. The van der Waals surface area contributed by atoms with Gasteiger partial charge in [-0.15, -0.1) is 0 Å². The van der Waals surface area contributed by atoms with Gasteiger partial charge in [-0.2, -0.15) is 0 Å². The zero-order valence-corrected chi connectivity index (χ0v) is 10.6. The van der Waals surface area contributed by atoms with Crippen molar-refractivity contribution in [1.82, 2.24) is 5.32 Å². The van der Waals surface area contributed by atoms with Gasteiger partial charge in [-0.3, -0.25) is 0 Å². The third-order valence-electron chi connectivity index (χ3n) is 3.35. The predicted octanol–water partition coefficient (Wildman–Crippen LogP) is 2.00. The van der Waals surface area contributed by atoms with E-state index in [-0.39, 0.29) is 12.1 Å². The summed E-state index contributed by atoms with van der Waals surface area (Å²) in [6.45, 7) is 1.65. The molecule has 1 unspecified atom stereocenters. The first kappa shape index (κ1) is 14.3. The van der Waals surface area contributed by atoms with Crippen LogP contribution in [-0.4, -0.2) is 32.5 Å². The van der Waals surface area contributed by atoms with Crippen LogP contribution in [0.2, 0.25) is 0 Å². The topological polar surface area (TPSA) is 30.5 Å². The molecule has 1 fully saturated rings.